The highest BCUT2D eigenvalue weighted by atomic mass is 16.4. The number of H-pyrrole nitrogens is 3. The Kier molecular flexibility index (Phi) is 1.53. The van der Waals surface area contributed by atoms with Gasteiger partial charge in [0.2, 0.25) is 0 Å². The Morgan fingerprint density at radius 1 is 1.21 bits per heavy atom. The summed E-state index contributed by atoms with van der Waals surface area (Å²) in [6, 6.07) is 1.19. The van der Waals surface area contributed by atoms with Crippen LogP contribution in [-0.2, 0) is 0 Å². The van der Waals surface area contributed by atoms with Crippen molar-refractivity contribution in [2.75, 3.05) is 0 Å². The van der Waals surface area contributed by atoms with E-state index >= 15 is 0 Å². The zero-order valence-corrected chi connectivity index (χ0v) is 6.75. The van der Waals surface area contributed by atoms with Crippen LogP contribution in [0.3, 0.4) is 0 Å². The summed E-state index contributed by atoms with van der Waals surface area (Å²) in [4.78, 5) is 39.1. The SMILES string of the molecule is O=C(O)c1cc2[nH]c(=O)[nH]c(=O)c2[nH]1. The monoisotopic (exact) mass is 195 g/mol. The van der Waals surface area contributed by atoms with Gasteiger partial charge in [0.1, 0.15) is 11.2 Å². The second kappa shape index (κ2) is 2.59. The molecule has 0 bridgehead atoms. The predicted molar refractivity (Wildman–Crippen MR) is 46.5 cm³/mol. The molecule has 2 aromatic heterocycles. The van der Waals surface area contributed by atoms with E-state index in [9.17, 15) is 14.4 Å². The molecule has 7 heteroatoms. The summed E-state index contributed by atoms with van der Waals surface area (Å²) in [7, 11) is 0. The Balaban J connectivity index is 2.90. The first kappa shape index (κ1) is 8.30. The molecule has 0 aliphatic heterocycles. The van der Waals surface area contributed by atoms with Gasteiger partial charge in [-0.15, -0.1) is 0 Å². The maximum Gasteiger partial charge on any atom is 0.352 e. The van der Waals surface area contributed by atoms with Crippen molar-refractivity contribution >= 4 is 17.0 Å². The number of aromatic carboxylic acids is 1. The van der Waals surface area contributed by atoms with Crippen molar-refractivity contribution in [2.45, 2.75) is 0 Å². The fourth-order valence-electron chi connectivity index (χ4n) is 1.17. The van der Waals surface area contributed by atoms with E-state index in [1.54, 1.807) is 0 Å². The number of rotatable bonds is 1. The second-order valence-corrected chi connectivity index (χ2v) is 2.69. The molecule has 2 aromatic rings. The minimum atomic E-state index is -1.19. The van der Waals surface area contributed by atoms with Crippen molar-refractivity contribution in [3.8, 4) is 0 Å². The molecule has 72 valence electrons. The lowest BCUT2D eigenvalue weighted by atomic mass is 10.4. The van der Waals surface area contributed by atoms with Crippen molar-refractivity contribution in [3.63, 3.8) is 0 Å². The fourth-order valence-corrected chi connectivity index (χ4v) is 1.17. The van der Waals surface area contributed by atoms with Crippen molar-refractivity contribution in [3.05, 3.63) is 32.6 Å². The van der Waals surface area contributed by atoms with Crippen LogP contribution in [0.1, 0.15) is 10.5 Å². The molecule has 2 rings (SSSR count). The molecule has 0 unspecified atom stereocenters. The number of nitrogens with one attached hydrogen (secondary N) is 3. The molecule has 0 saturated heterocycles. The summed E-state index contributed by atoms with van der Waals surface area (Å²) in [6.45, 7) is 0. The molecule has 0 aliphatic rings. The van der Waals surface area contributed by atoms with Crippen LogP contribution in [-0.4, -0.2) is 26.0 Å². The Morgan fingerprint density at radius 3 is 2.57 bits per heavy atom. The lowest BCUT2D eigenvalue weighted by molar-refractivity contribution is 0.0691. The van der Waals surface area contributed by atoms with Crippen LogP contribution in [0, 0.1) is 0 Å². The van der Waals surface area contributed by atoms with E-state index in [1.807, 2.05) is 4.98 Å². The number of hydrogen-bond acceptors (Lipinski definition) is 3. The molecule has 0 aliphatic carbocycles. The van der Waals surface area contributed by atoms with Crippen LogP contribution in [0.15, 0.2) is 15.7 Å². The van der Waals surface area contributed by atoms with Gasteiger partial charge in [-0.25, -0.2) is 9.59 Å². The topological polar surface area (TPSA) is 119 Å². The summed E-state index contributed by atoms with van der Waals surface area (Å²) in [6.07, 6.45) is 0. The van der Waals surface area contributed by atoms with Crippen molar-refractivity contribution in [1.82, 2.24) is 15.0 Å². The third kappa shape index (κ3) is 1.11. The van der Waals surface area contributed by atoms with E-state index in [4.69, 9.17) is 5.11 Å². The Bertz CT molecular complexity index is 618. The average molecular weight is 195 g/mol. The summed E-state index contributed by atoms with van der Waals surface area (Å²) in [5, 5.41) is 8.61. The minimum Gasteiger partial charge on any atom is -0.477 e. The number of hydrogen-bond donors (Lipinski definition) is 4. The summed E-state index contributed by atoms with van der Waals surface area (Å²) in [5.74, 6) is -1.19. The quantitative estimate of drug-likeness (QED) is 0.478. The highest BCUT2D eigenvalue weighted by molar-refractivity contribution is 5.91. The molecule has 14 heavy (non-hydrogen) atoms. The number of carbonyl (C=O) groups is 1. The highest BCUT2D eigenvalue weighted by Gasteiger charge is 2.09. The molecule has 0 amide bonds. The van der Waals surface area contributed by atoms with Crippen LogP contribution < -0.4 is 11.2 Å². The van der Waals surface area contributed by atoms with E-state index in [-0.39, 0.29) is 16.7 Å². The summed E-state index contributed by atoms with van der Waals surface area (Å²) >= 11 is 0. The van der Waals surface area contributed by atoms with Gasteiger partial charge in [-0.1, -0.05) is 0 Å². The van der Waals surface area contributed by atoms with Gasteiger partial charge >= 0.3 is 11.7 Å². The first-order valence-electron chi connectivity index (χ1n) is 3.66. The van der Waals surface area contributed by atoms with Gasteiger partial charge in [0, 0.05) is 0 Å². The zero-order valence-electron chi connectivity index (χ0n) is 6.75. The standard InChI is InChI=1S/C7H5N3O4/c11-5-4-2(9-7(14)10-5)1-3(8-4)6(12)13/h1,8H,(H,12,13)(H2,9,10,11,14). The first-order chi connectivity index (χ1) is 6.58. The maximum atomic E-state index is 11.1. The zero-order chi connectivity index (χ0) is 10.3. The lowest BCUT2D eigenvalue weighted by Crippen LogP contribution is -2.21. The first-order valence-corrected chi connectivity index (χ1v) is 3.66. The third-order valence-electron chi connectivity index (χ3n) is 1.75. The summed E-state index contributed by atoms with van der Waals surface area (Å²) in [5.41, 5.74) is -1.24. The minimum absolute atomic E-state index is 0.0435. The maximum absolute atomic E-state index is 11.1. The van der Waals surface area contributed by atoms with E-state index in [0.717, 1.165) is 0 Å². The number of carboxylic acids is 1. The smallest absolute Gasteiger partial charge is 0.352 e. The van der Waals surface area contributed by atoms with Gasteiger partial charge in [0.25, 0.3) is 5.56 Å². The van der Waals surface area contributed by atoms with Crippen LogP contribution in [0.4, 0.5) is 0 Å². The normalized spacial score (nSPS) is 10.6. The van der Waals surface area contributed by atoms with Gasteiger partial charge in [0.05, 0.1) is 5.52 Å². The molecule has 0 saturated carbocycles. The van der Waals surface area contributed by atoms with Crippen molar-refractivity contribution < 1.29 is 9.90 Å². The largest absolute Gasteiger partial charge is 0.477 e. The van der Waals surface area contributed by atoms with Crippen molar-refractivity contribution in [2.24, 2.45) is 0 Å². The highest BCUT2D eigenvalue weighted by Crippen LogP contribution is 2.06. The van der Waals surface area contributed by atoms with E-state index in [1.165, 1.54) is 6.07 Å². The number of carboxylic acid groups (broad SMARTS) is 1. The Hall–Kier alpha value is -2.31. The van der Waals surface area contributed by atoms with E-state index in [2.05, 4.69) is 9.97 Å². The number of aromatic nitrogens is 3. The van der Waals surface area contributed by atoms with Gasteiger partial charge in [-0.2, -0.15) is 0 Å². The van der Waals surface area contributed by atoms with Crippen LogP contribution in [0.5, 0.6) is 0 Å². The molecule has 2 heterocycles. The molecule has 0 aromatic carbocycles. The molecule has 7 nitrogen and oxygen atoms in total. The van der Waals surface area contributed by atoms with Gasteiger partial charge in [0.15, 0.2) is 0 Å². The van der Waals surface area contributed by atoms with Crippen LogP contribution in [0.25, 0.3) is 11.0 Å². The predicted octanol–water partition coefficient (Wildman–Crippen LogP) is -0.757. The van der Waals surface area contributed by atoms with Gasteiger partial charge < -0.3 is 15.1 Å². The van der Waals surface area contributed by atoms with Crippen LogP contribution in [0.2, 0.25) is 0 Å². The van der Waals surface area contributed by atoms with E-state index in [0.29, 0.717) is 0 Å². The fraction of sp³-hybridized carbons (Fsp3) is 0. The summed E-state index contributed by atoms with van der Waals surface area (Å²) < 4.78 is 0. The molecule has 4 N–H and O–H groups in total. The van der Waals surface area contributed by atoms with Gasteiger partial charge in [-0.3, -0.25) is 9.78 Å². The average Bonchev–Trinajstić information content (AvgIpc) is 2.47. The van der Waals surface area contributed by atoms with Crippen LogP contribution >= 0.6 is 0 Å². The molecule has 0 spiro atoms. The Morgan fingerprint density at radius 2 is 1.93 bits per heavy atom. The van der Waals surface area contributed by atoms with E-state index < -0.39 is 17.2 Å². The van der Waals surface area contributed by atoms with Crippen molar-refractivity contribution in [1.29, 1.82) is 0 Å². The number of aromatic amines is 3. The van der Waals surface area contributed by atoms with Gasteiger partial charge in [-0.05, 0) is 6.07 Å². The molecule has 0 radical (unpaired) electrons. The Labute approximate surface area is 75.4 Å². The second-order valence-electron chi connectivity index (χ2n) is 2.69. The lowest BCUT2D eigenvalue weighted by Gasteiger charge is -1.85. The molecule has 0 fully saturated rings. The molecular weight excluding hydrogens is 190 g/mol. The third-order valence-corrected chi connectivity index (χ3v) is 1.75. The number of fused-ring (bicyclic) bond motifs is 1. The molecular formula is C7H5N3O4. The molecule has 0 atom stereocenters.